The largest absolute Gasteiger partial charge is 0.348 e. The normalized spacial score (nSPS) is 11.4. The maximum absolute atomic E-state index is 12.5. The molecular formula is C16H17N5O3S. The number of rotatable bonds is 5. The topological polar surface area (TPSA) is 112 Å². The minimum absolute atomic E-state index is 0.0322. The molecule has 3 N–H and O–H groups in total. The average molecular weight is 359 g/mol. The molecule has 25 heavy (non-hydrogen) atoms. The fourth-order valence-corrected chi connectivity index (χ4v) is 2.96. The zero-order chi connectivity index (χ0) is 18.0. The van der Waals surface area contributed by atoms with Crippen LogP contribution in [0.2, 0.25) is 0 Å². The van der Waals surface area contributed by atoms with E-state index in [0.717, 1.165) is 5.56 Å². The molecule has 130 valence electrons. The number of hydrogen-bond donors (Lipinski definition) is 2. The van der Waals surface area contributed by atoms with Crippen molar-refractivity contribution in [2.24, 2.45) is 12.2 Å². The highest BCUT2D eigenvalue weighted by Crippen LogP contribution is 2.14. The number of aryl methyl sites for hydroxylation is 1. The minimum Gasteiger partial charge on any atom is -0.348 e. The summed E-state index contributed by atoms with van der Waals surface area (Å²) in [6, 6.07) is 9.76. The fourth-order valence-electron chi connectivity index (χ4n) is 2.45. The summed E-state index contributed by atoms with van der Waals surface area (Å²) in [5.41, 5.74) is 1.20. The summed E-state index contributed by atoms with van der Waals surface area (Å²) in [4.78, 5) is 12.5. The van der Waals surface area contributed by atoms with Crippen LogP contribution < -0.4 is 10.5 Å². The Labute approximate surface area is 144 Å². The Morgan fingerprint density at radius 1 is 1.20 bits per heavy atom. The van der Waals surface area contributed by atoms with E-state index in [1.807, 2.05) is 29.1 Å². The highest BCUT2D eigenvalue weighted by Gasteiger charge is 2.17. The maximum atomic E-state index is 12.5. The first-order valence-corrected chi connectivity index (χ1v) is 8.96. The van der Waals surface area contributed by atoms with Gasteiger partial charge in [0.2, 0.25) is 10.0 Å². The van der Waals surface area contributed by atoms with E-state index in [4.69, 9.17) is 5.14 Å². The van der Waals surface area contributed by atoms with Gasteiger partial charge >= 0.3 is 0 Å². The van der Waals surface area contributed by atoms with Gasteiger partial charge in [0, 0.05) is 26.0 Å². The van der Waals surface area contributed by atoms with E-state index < -0.39 is 10.0 Å². The van der Waals surface area contributed by atoms with Crippen LogP contribution >= 0.6 is 0 Å². The van der Waals surface area contributed by atoms with Crippen LogP contribution in [-0.4, -0.2) is 28.7 Å². The van der Waals surface area contributed by atoms with Crippen molar-refractivity contribution in [3.63, 3.8) is 0 Å². The molecule has 8 nitrogen and oxygen atoms in total. The van der Waals surface area contributed by atoms with Gasteiger partial charge in [-0.1, -0.05) is 12.1 Å². The van der Waals surface area contributed by atoms with Gasteiger partial charge in [0.25, 0.3) is 5.91 Å². The first-order valence-electron chi connectivity index (χ1n) is 7.41. The van der Waals surface area contributed by atoms with E-state index in [0.29, 0.717) is 11.4 Å². The van der Waals surface area contributed by atoms with Gasteiger partial charge in [-0.3, -0.25) is 9.48 Å². The molecule has 2 aromatic heterocycles. The number of benzene rings is 1. The van der Waals surface area contributed by atoms with Crippen molar-refractivity contribution in [1.29, 1.82) is 0 Å². The third-order valence-electron chi connectivity index (χ3n) is 3.71. The maximum Gasteiger partial charge on any atom is 0.256 e. The zero-order valence-electron chi connectivity index (χ0n) is 13.5. The Hall–Kier alpha value is -2.91. The summed E-state index contributed by atoms with van der Waals surface area (Å²) < 4.78 is 25.9. The molecule has 0 radical (unpaired) electrons. The molecule has 0 bridgehead atoms. The second kappa shape index (κ2) is 6.54. The molecule has 0 unspecified atom stereocenters. The highest BCUT2D eigenvalue weighted by molar-refractivity contribution is 7.89. The minimum atomic E-state index is -3.72. The van der Waals surface area contributed by atoms with Gasteiger partial charge in [-0.25, -0.2) is 13.6 Å². The number of hydrogen-bond acceptors (Lipinski definition) is 4. The summed E-state index contributed by atoms with van der Waals surface area (Å²) in [5, 5.41) is 12.0. The number of aromatic nitrogens is 3. The summed E-state index contributed by atoms with van der Waals surface area (Å²) in [7, 11) is -1.96. The van der Waals surface area contributed by atoms with Crippen molar-refractivity contribution >= 4 is 15.9 Å². The van der Waals surface area contributed by atoms with E-state index >= 15 is 0 Å². The van der Waals surface area contributed by atoms with Crippen LogP contribution in [-0.2, 0) is 23.6 Å². The number of nitrogens with two attached hydrogens (primary N) is 1. The molecule has 2 heterocycles. The molecule has 3 rings (SSSR count). The molecule has 0 aliphatic carbocycles. The lowest BCUT2D eigenvalue weighted by Crippen LogP contribution is -2.24. The Bertz CT molecular complexity index is 989. The Kier molecular flexibility index (Phi) is 4.43. The van der Waals surface area contributed by atoms with Crippen LogP contribution in [0, 0.1) is 0 Å². The Balaban J connectivity index is 1.74. The molecule has 1 amide bonds. The monoisotopic (exact) mass is 359 g/mol. The zero-order valence-corrected chi connectivity index (χ0v) is 14.3. The Morgan fingerprint density at radius 2 is 1.84 bits per heavy atom. The van der Waals surface area contributed by atoms with Crippen LogP contribution in [0.25, 0.3) is 5.82 Å². The second-order valence-electron chi connectivity index (χ2n) is 5.47. The smallest absolute Gasteiger partial charge is 0.256 e. The molecule has 0 fully saturated rings. The van der Waals surface area contributed by atoms with Crippen molar-refractivity contribution < 1.29 is 13.2 Å². The number of carbonyl (C=O) groups excluding carboxylic acids is 1. The van der Waals surface area contributed by atoms with Gasteiger partial charge in [-0.2, -0.15) is 5.10 Å². The number of sulfonamides is 1. The third kappa shape index (κ3) is 3.62. The van der Waals surface area contributed by atoms with Crippen molar-refractivity contribution in [2.75, 3.05) is 0 Å². The number of nitrogens with one attached hydrogen (secondary N) is 1. The van der Waals surface area contributed by atoms with Gasteiger partial charge in [0.1, 0.15) is 11.4 Å². The quantitative estimate of drug-likeness (QED) is 0.701. The van der Waals surface area contributed by atoms with Crippen LogP contribution in [0.5, 0.6) is 0 Å². The van der Waals surface area contributed by atoms with Crippen molar-refractivity contribution in [3.05, 3.63) is 66.1 Å². The van der Waals surface area contributed by atoms with Crippen LogP contribution in [0.4, 0.5) is 0 Å². The van der Waals surface area contributed by atoms with Crippen molar-refractivity contribution in [3.8, 4) is 5.82 Å². The second-order valence-corrected chi connectivity index (χ2v) is 7.03. The van der Waals surface area contributed by atoms with Crippen LogP contribution in [0.3, 0.4) is 0 Å². The molecule has 0 aliphatic heterocycles. The molecular weight excluding hydrogens is 342 g/mol. The first kappa shape index (κ1) is 16.9. The molecule has 0 saturated carbocycles. The molecule has 3 aromatic rings. The van der Waals surface area contributed by atoms with Crippen LogP contribution in [0.1, 0.15) is 15.9 Å². The van der Waals surface area contributed by atoms with Gasteiger partial charge in [-0.15, -0.1) is 0 Å². The summed E-state index contributed by atoms with van der Waals surface area (Å²) in [6.45, 7) is 0.254. The standard InChI is InChI=1S/C16H17N5O3S/c1-20-16(21-8-2-3-9-21)14(11-19-20)15(22)18-10-12-4-6-13(7-5-12)25(17,23)24/h2-9,11H,10H2,1H3,(H,18,22)(H2,17,23,24). The van der Waals surface area contributed by atoms with Crippen LogP contribution in [0.15, 0.2) is 59.9 Å². The molecule has 0 saturated heterocycles. The van der Waals surface area contributed by atoms with E-state index in [-0.39, 0.29) is 17.3 Å². The van der Waals surface area contributed by atoms with Gasteiger partial charge in [-0.05, 0) is 29.8 Å². The molecule has 0 spiro atoms. The molecule has 1 aromatic carbocycles. The predicted octanol–water partition coefficient (Wildman–Crippen LogP) is 0.788. The lowest BCUT2D eigenvalue weighted by atomic mass is 10.2. The summed E-state index contributed by atoms with van der Waals surface area (Å²) in [6.07, 6.45) is 5.17. The van der Waals surface area contributed by atoms with Gasteiger partial charge in [0.15, 0.2) is 0 Å². The van der Waals surface area contributed by atoms with E-state index in [9.17, 15) is 13.2 Å². The molecule has 0 atom stereocenters. The van der Waals surface area contributed by atoms with Gasteiger partial charge < -0.3 is 9.88 Å². The van der Waals surface area contributed by atoms with Gasteiger partial charge in [0.05, 0.1) is 11.1 Å². The Morgan fingerprint density at radius 3 is 2.44 bits per heavy atom. The fraction of sp³-hybridized carbons (Fsp3) is 0.125. The van der Waals surface area contributed by atoms with Crippen molar-refractivity contribution in [1.82, 2.24) is 19.7 Å². The lowest BCUT2D eigenvalue weighted by Gasteiger charge is -2.09. The SMILES string of the molecule is Cn1ncc(C(=O)NCc2ccc(S(N)(=O)=O)cc2)c1-n1cccc1. The number of nitrogens with zero attached hydrogens (tertiary/aromatic N) is 3. The average Bonchev–Trinajstić information content (AvgIpc) is 3.21. The predicted molar refractivity (Wildman–Crippen MR) is 91.5 cm³/mol. The van der Waals surface area contributed by atoms with Crippen molar-refractivity contribution in [2.45, 2.75) is 11.4 Å². The van der Waals surface area contributed by atoms with E-state index in [2.05, 4.69) is 10.4 Å². The third-order valence-corrected chi connectivity index (χ3v) is 4.64. The number of primary sulfonamides is 1. The lowest BCUT2D eigenvalue weighted by molar-refractivity contribution is 0.0951. The molecule has 9 heteroatoms. The summed E-state index contributed by atoms with van der Waals surface area (Å²) >= 11 is 0. The summed E-state index contributed by atoms with van der Waals surface area (Å²) in [5.74, 6) is 0.388. The highest BCUT2D eigenvalue weighted by atomic mass is 32.2. The van der Waals surface area contributed by atoms with E-state index in [1.54, 1.807) is 23.9 Å². The number of carbonyl (C=O) groups is 1. The first-order chi connectivity index (χ1) is 11.9. The number of amides is 1. The molecule has 0 aliphatic rings. The van der Waals surface area contributed by atoms with E-state index in [1.165, 1.54) is 18.3 Å².